The Morgan fingerprint density at radius 1 is 1.00 bits per heavy atom. The fourth-order valence-electron chi connectivity index (χ4n) is 7.12. The van der Waals surface area contributed by atoms with Gasteiger partial charge in [0.25, 0.3) is 21.1 Å². The zero-order valence-electron chi connectivity index (χ0n) is 26.0. The highest BCUT2D eigenvalue weighted by atomic mass is 35.6. The standard InChI is InChI=1S/C14H19Cl3N6O5.C10H17N7O5/c1-5-3-23-11(21-9(24)14(15,16)17)20-7(4-28-10(18)25)8-12(23,13(5,26)27)22-6(2)19-8;11-6-15-5-3(2-22-8(13)19)14-7(12)17-1-4(18)10(20,21)9(5,17)16-6/h5,7-8,19,22,26-27H,2-4H2,1H3,(H2,18,25)(H,20,21,24);3-5,18,20-21H,1-2H2,(H2,12,14)(H2,13,19)(H3,11,15,16)/p+1/t5-,7-,8-,12-;3-,4-,5-,9-/m00/s1. The van der Waals surface area contributed by atoms with Gasteiger partial charge < -0.3 is 67.7 Å². The molecule has 6 aliphatic heterocycles. The molecule has 0 aliphatic carbocycles. The largest absolute Gasteiger partial charge is 0.447 e. The molecule has 278 valence electrons. The number of aliphatic hydroxyl groups excluding tert-OH is 1. The number of halogens is 3. The SMILES string of the molecule is C=C1N[C@H]2[C@H](COC(N)=O)N=C(NC(=O)C(Cl)(Cl)Cl)N3C[C@H](C)C(O)(O)[C@]23N1.NC(=O)OC[C@@H]1N=C(N)N2C[C@H](O)C(O)(O)[C@@]23NC(N)=[NH+][C@@H]13. The van der Waals surface area contributed by atoms with Crippen LogP contribution >= 0.6 is 34.8 Å². The third-order valence-electron chi connectivity index (χ3n) is 9.31. The molecule has 0 saturated carbocycles. The van der Waals surface area contributed by atoms with E-state index in [2.05, 4.69) is 42.8 Å². The van der Waals surface area contributed by atoms with E-state index in [0.717, 1.165) is 0 Å². The molecule has 50 heavy (non-hydrogen) atoms. The minimum atomic E-state index is -2.57. The maximum absolute atomic E-state index is 12.2. The quantitative estimate of drug-likeness (QED) is 0.0931. The molecule has 0 aromatic carbocycles. The fourth-order valence-corrected chi connectivity index (χ4v) is 7.26. The molecular formula is C24H37Cl3N13O10+. The van der Waals surface area contributed by atoms with Crippen molar-refractivity contribution in [2.45, 2.75) is 63.9 Å². The van der Waals surface area contributed by atoms with Crippen LogP contribution in [0.25, 0.3) is 0 Å². The van der Waals surface area contributed by atoms with Crippen molar-refractivity contribution in [1.82, 2.24) is 31.1 Å². The van der Waals surface area contributed by atoms with Crippen molar-refractivity contribution in [3.05, 3.63) is 12.4 Å². The minimum absolute atomic E-state index is 0.0468. The van der Waals surface area contributed by atoms with Crippen LogP contribution in [-0.2, 0) is 14.3 Å². The van der Waals surface area contributed by atoms with Gasteiger partial charge in [0.1, 0.15) is 37.4 Å². The zero-order chi connectivity index (χ0) is 37.4. The van der Waals surface area contributed by atoms with Gasteiger partial charge in [0, 0.05) is 12.5 Å². The summed E-state index contributed by atoms with van der Waals surface area (Å²) in [5.74, 6) is -6.35. The van der Waals surface area contributed by atoms with Crippen LogP contribution in [0.2, 0.25) is 0 Å². The molecule has 0 aromatic heterocycles. The number of nitrogens with one attached hydrogen (secondary N) is 5. The van der Waals surface area contributed by atoms with Gasteiger partial charge in [-0.3, -0.25) is 25.7 Å². The first-order valence-corrected chi connectivity index (χ1v) is 15.8. The highest BCUT2D eigenvalue weighted by Gasteiger charge is 2.76. The lowest BCUT2D eigenvalue weighted by Crippen LogP contribution is -2.90. The number of amides is 3. The van der Waals surface area contributed by atoms with Gasteiger partial charge >= 0.3 is 18.1 Å². The van der Waals surface area contributed by atoms with E-state index < -0.39 is 81.0 Å². The molecular weight excluding hydrogens is 737 g/mol. The Morgan fingerprint density at radius 3 is 2.18 bits per heavy atom. The summed E-state index contributed by atoms with van der Waals surface area (Å²) in [6.45, 7) is 4.75. The first-order valence-electron chi connectivity index (χ1n) is 14.7. The highest BCUT2D eigenvalue weighted by molar-refractivity contribution is 6.76. The van der Waals surface area contributed by atoms with Crippen molar-refractivity contribution in [3.63, 3.8) is 0 Å². The Morgan fingerprint density at radius 2 is 1.60 bits per heavy atom. The number of nitrogens with two attached hydrogens (primary N) is 4. The van der Waals surface area contributed by atoms with Crippen LogP contribution in [0.1, 0.15) is 6.92 Å². The number of hydrogen-bond acceptors (Lipinski definition) is 19. The first kappa shape index (κ1) is 37.3. The Kier molecular flexibility index (Phi) is 9.22. The van der Waals surface area contributed by atoms with Crippen LogP contribution in [0.4, 0.5) is 9.59 Å². The molecule has 0 unspecified atom stereocenters. The number of hydrogen-bond donors (Lipinski definition) is 14. The van der Waals surface area contributed by atoms with Crippen LogP contribution in [0.5, 0.6) is 0 Å². The number of primary amides is 2. The summed E-state index contributed by atoms with van der Waals surface area (Å²) in [6, 6.07) is -3.30. The maximum atomic E-state index is 12.2. The normalized spacial score (nSPS) is 35.5. The van der Waals surface area contributed by atoms with Crippen molar-refractivity contribution < 1.29 is 54.4 Å². The molecule has 3 saturated heterocycles. The van der Waals surface area contributed by atoms with Crippen LogP contribution < -0.4 is 49.2 Å². The van der Waals surface area contributed by atoms with E-state index in [0.29, 0.717) is 0 Å². The van der Waals surface area contributed by atoms with E-state index >= 15 is 0 Å². The fraction of sp³-hybridized carbons (Fsp3) is 0.667. The van der Waals surface area contributed by atoms with Crippen LogP contribution in [0, 0.1) is 5.92 Å². The molecule has 26 heteroatoms. The monoisotopic (exact) mass is 772 g/mol. The molecule has 6 rings (SSSR count). The van der Waals surface area contributed by atoms with Gasteiger partial charge in [-0.1, -0.05) is 48.3 Å². The molecule has 18 N–H and O–H groups in total. The molecule has 3 amide bonds. The van der Waals surface area contributed by atoms with Gasteiger partial charge in [-0.2, -0.15) is 0 Å². The number of nitrogens with zero attached hydrogens (tertiary/aromatic N) is 4. The van der Waals surface area contributed by atoms with Crippen LogP contribution in [0.3, 0.4) is 0 Å². The predicted octanol–water partition coefficient (Wildman–Crippen LogP) is -8.13. The molecule has 0 radical (unpaired) electrons. The number of guanidine groups is 3. The number of aliphatic imine (C=N–C) groups is 2. The second-order valence-electron chi connectivity index (χ2n) is 12.3. The van der Waals surface area contributed by atoms with E-state index in [4.69, 9.17) is 67.2 Å². The van der Waals surface area contributed by atoms with Crippen LogP contribution in [-0.4, -0.2) is 155 Å². The number of carbonyl (C=O) groups is 3. The second kappa shape index (κ2) is 12.4. The molecule has 23 nitrogen and oxygen atoms in total. The summed E-state index contributed by atoms with van der Waals surface area (Å²) in [5, 5.41) is 63.6. The highest BCUT2D eigenvalue weighted by Crippen LogP contribution is 2.47. The number of carbonyl (C=O) groups excluding carboxylic acids is 3. The molecule has 0 bridgehead atoms. The lowest BCUT2D eigenvalue weighted by atomic mass is 9.84. The summed E-state index contributed by atoms with van der Waals surface area (Å²) in [5.41, 5.74) is 18.3. The van der Waals surface area contributed by atoms with Gasteiger partial charge in [-0.25, -0.2) is 24.9 Å². The van der Waals surface area contributed by atoms with E-state index in [1.54, 1.807) is 6.92 Å². The Hall–Kier alpha value is -3.97. The summed E-state index contributed by atoms with van der Waals surface area (Å²) < 4.78 is 7.29. The summed E-state index contributed by atoms with van der Waals surface area (Å²) in [6.07, 6.45) is -3.55. The number of rotatable bonds is 4. The van der Waals surface area contributed by atoms with E-state index in [1.165, 1.54) is 9.80 Å². The van der Waals surface area contributed by atoms with Crippen molar-refractivity contribution in [2.24, 2.45) is 38.8 Å². The average Bonchev–Trinajstić information content (AvgIpc) is 3.66. The van der Waals surface area contributed by atoms with Gasteiger partial charge in [-0.05, 0) is 0 Å². The first-order chi connectivity index (χ1) is 23.0. The van der Waals surface area contributed by atoms with Gasteiger partial charge in [0.15, 0.2) is 17.7 Å². The average molecular weight is 774 g/mol. The van der Waals surface area contributed by atoms with Crippen molar-refractivity contribution in [1.29, 1.82) is 0 Å². The lowest BCUT2D eigenvalue weighted by Gasteiger charge is -2.49. The molecule has 0 aromatic rings. The van der Waals surface area contributed by atoms with Gasteiger partial charge in [0.2, 0.25) is 11.7 Å². The Balaban J connectivity index is 0.000000200. The predicted molar refractivity (Wildman–Crippen MR) is 171 cm³/mol. The Bertz CT molecular complexity index is 1560. The van der Waals surface area contributed by atoms with Crippen molar-refractivity contribution in [2.75, 3.05) is 26.3 Å². The summed E-state index contributed by atoms with van der Waals surface area (Å²) in [7, 11) is 0. The number of aliphatic hydroxyl groups is 5. The number of alkyl halides is 3. The minimum Gasteiger partial charge on any atom is -0.447 e. The Labute approximate surface area is 297 Å². The van der Waals surface area contributed by atoms with Gasteiger partial charge in [0.05, 0.1) is 12.4 Å². The summed E-state index contributed by atoms with van der Waals surface area (Å²) >= 11 is 16.9. The number of ether oxygens (including phenoxy) is 2. The van der Waals surface area contributed by atoms with Crippen molar-refractivity contribution >= 4 is 70.8 Å². The summed E-state index contributed by atoms with van der Waals surface area (Å²) in [4.78, 5) is 48.1. The smallest absolute Gasteiger partial charge is 0.404 e. The topological polar surface area (TPSA) is 368 Å². The molecule has 6 heterocycles. The maximum Gasteiger partial charge on any atom is 0.404 e. The second-order valence-corrected chi connectivity index (χ2v) is 14.6. The van der Waals surface area contributed by atoms with E-state index in [-0.39, 0.29) is 50.0 Å². The third-order valence-corrected chi connectivity index (χ3v) is 9.82. The van der Waals surface area contributed by atoms with E-state index in [9.17, 15) is 39.9 Å². The third kappa shape index (κ3) is 5.66. The molecule has 2 spiro atoms. The lowest BCUT2D eigenvalue weighted by molar-refractivity contribution is -0.523. The van der Waals surface area contributed by atoms with Crippen LogP contribution in [0.15, 0.2) is 22.4 Å². The van der Waals surface area contributed by atoms with Gasteiger partial charge in [-0.15, -0.1) is 0 Å². The van der Waals surface area contributed by atoms with Crippen molar-refractivity contribution in [3.8, 4) is 0 Å². The zero-order valence-corrected chi connectivity index (χ0v) is 28.3. The molecule has 8 atom stereocenters. The van der Waals surface area contributed by atoms with E-state index in [1.807, 2.05) is 0 Å². The molecule has 6 aliphatic rings. The molecule has 3 fully saturated rings.